The molecule has 0 amide bonds. The number of benzene rings is 4. The van der Waals surface area contributed by atoms with Crippen LogP contribution in [-0.2, 0) is 43.5 Å². The second-order valence-electron chi connectivity index (χ2n) is 10.2. The zero-order valence-corrected chi connectivity index (χ0v) is 23.7. The third kappa shape index (κ3) is 8.12. The third-order valence-corrected chi connectivity index (χ3v) is 7.12. The summed E-state index contributed by atoms with van der Waals surface area (Å²) >= 11 is 0. The summed E-state index contributed by atoms with van der Waals surface area (Å²) in [7, 11) is 0. The summed E-state index contributed by atoms with van der Waals surface area (Å²) in [6.45, 7) is 2.65. The van der Waals surface area contributed by atoms with Crippen LogP contribution >= 0.6 is 0 Å². The fourth-order valence-electron chi connectivity index (χ4n) is 4.86. The normalized spacial score (nSPS) is 21.7. The molecular formula is C34H33NO8. The molecule has 0 spiro atoms. The smallest absolute Gasteiger partial charge is 0.340 e. The number of carbonyl (C=O) groups is 1. The van der Waals surface area contributed by atoms with Gasteiger partial charge in [0.2, 0.25) is 6.29 Å². The molecule has 0 radical (unpaired) electrons. The van der Waals surface area contributed by atoms with Crippen molar-refractivity contribution in [1.29, 1.82) is 0 Å². The standard InChI is InChI=1S/C34H33NO8/c1-24-30(39-21-25-11-5-2-6-12-25)31(40-22-26-13-7-3-8-14-26)32(41-23-27-15-9-4-10-16-27)34(42-24)43-33(36)28-17-19-29(20-18-28)35(37)38/h2-20,24,30-32,34H,21-23H2,1H3/t24?,30-,31-,32-,34-/m0/s1. The van der Waals surface area contributed by atoms with Crippen molar-refractivity contribution in [1.82, 2.24) is 0 Å². The van der Waals surface area contributed by atoms with E-state index in [1.807, 2.05) is 97.9 Å². The summed E-state index contributed by atoms with van der Waals surface area (Å²) < 4.78 is 31.4. The molecule has 5 rings (SSSR count). The van der Waals surface area contributed by atoms with E-state index in [0.717, 1.165) is 16.7 Å². The van der Waals surface area contributed by atoms with Gasteiger partial charge in [0.1, 0.15) is 18.3 Å². The highest BCUT2D eigenvalue weighted by Gasteiger charge is 2.48. The first-order valence-electron chi connectivity index (χ1n) is 14.1. The molecule has 0 N–H and O–H groups in total. The lowest BCUT2D eigenvalue weighted by Crippen LogP contribution is -2.60. The van der Waals surface area contributed by atoms with Crippen LogP contribution in [0.4, 0.5) is 5.69 Å². The van der Waals surface area contributed by atoms with E-state index in [-0.39, 0.29) is 24.5 Å². The van der Waals surface area contributed by atoms with Crippen molar-refractivity contribution in [2.75, 3.05) is 0 Å². The Kier molecular flexibility index (Phi) is 10.2. The Morgan fingerprint density at radius 3 is 1.58 bits per heavy atom. The Labute approximate surface area is 250 Å². The topological polar surface area (TPSA) is 106 Å². The number of hydrogen-bond acceptors (Lipinski definition) is 8. The fourth-order valence-corrected chi connectivity index (χ4v) is 4.86. The highest BCUT2D eigenvalue weighted by atomic mass is 16.7. The lowest BCUT2D eigenvalue weighted by atomic mass is 9.98. The average Bonchev–Trinajstić information content (AvgIpc) is 3.04. The van der Waals surface area contributed by atoms with Gasteiger partial charge in [-0.3, -0.25) is 10.1 Å². The minimum absolute atomic E-state index is 0.129. The fraction of sp³-hybridized carbons (Fsp3) is 0.265. The molecule has 222 valence electrons. The van der Waals surface area contributed by atoms with Gasteiger partial charge in [-0.2, -0.15) is 0 Å². The molecule has 0 aliphatic carbocycles. The highest BCUT2D eigenvalue weighted by molar-refractivity contribution is 5.89. The van der Waals surface area contributed by atoms with Crippen molar-refractivity contribution >= 4 is 11.7 Å². The zero-order valence-electron chi connectivity index (χ0n) is 23.7. The van der Waals surface area contributed by atoms with Crippen molar-refractivity contribution in [3.8, 4) is 0 Å². The summed E-state index contributed by atoms with van der Waals surface area (Å²) in [6.07, 6.45) is -3.76. The Hall–Kier alpha value is -4.41. The molecule has 9 heteroatoms. The number of rotatable bonds is 12. The summed E-state index contributed by atoms with van der Waals surface area (Å²) in [6, 6.07) is 34.4. The molecule has 1 heterocycles. The summed E-state index contributed by atoms with van der Waals surface area (Å²) in [5, 5.41) is 11.1. The minimum atomic E-state index is -1.14. The van der Waals surface area contributed by atoms with Crippen molar-refractivity contribution in [2.24, 2.45) is 0 Å². The monoisotopic (exact) mass is 583 g/mol. The lowest BCUT2D eigenvalue weighted by molar-refractivity contribution is -0.384. The Bertz CT molecular complexity index is 1450. The zero-order chi connectivity index (χ0) is 30.0. The van der Waals surface area contributed by atoms with Gasteiger partial charge in [0.15, 0.2) is 0 Å². The van der Waals surface area contributed by atoms with Crippen LogP contribution in [0.25, 0.3) is 0 Å². The molecule has 9 nitrogen and oxygen atoms in total. The first-order chi connectivity index (χ1) is 21.0. The van der Waals surface area contributed by atoms with Crippen molar-refractivity contribution < 1.29 is 33.4 Å². The first-order valence-corrected chi connectivity index (χ1v) is 14.1. The van der Waals surface area contributed by atoms with E-state index in [1.54, 1.807) is 0 Å². The van der Waals surface area contributed by atoms with E-state index < -0.39 is 41.6 Å². The molecule has 0 bridgehead atoms. The molecule has 1 aliphatic heterocycles. The predicted octanol–water partition coefficient (Wildman–Crippen LogP) is 6.25. The van der Waals surface area contributed by atoms with Crippen molar-refractivity contribution in [3.63, 3.8) is 0 Å². The number of esters is 1. The summed E-state index contributed by atoms with van der Waals surface area (Å²) in [4.78, 5) is 23.7. The molecule has 4 aromatic rings. The summed E-state index contributed by atoms with van der Waals surface area (Å²) in [5.41, 5.74) is 2.89. The predicted molar refractivity (Wildman–Crippen MR) is 158 cm³/mol. The molecule has 0 saturated carbocycles. The van der Waals surface area contributed by atoms with Gasteiger partial charge in [-0.1, -0.05) is 91.0 Å². The Balaban J connectivity index is 1.41. The minimum Gasteiger partial charge on any atom is -0.429 e. The molecule has 1 fully saturated rings. The number of non-ortho nitro benzene ring substituents is 1. The van der Waals surface area contributed by atoms with E-state index in [0.29, 0.717) is 6.61 Å². The number of ether oxygens (including phenoxy) is 5. The maximum atomic E-state index is 13.2. The molecule has 1 unspecified atom stereocenters. The van der Waals surface area contributed by atoms with Crippen LogP contribution < -0.4 is 0 Å². The van der Waals surface area contributed by atoms with Gasteiger partial charge < -0.3 is 23.7 Å². The molecule has 4 aromatic carbocycles. The van der Waals surface area contributed by atoms with E-state index in [1.165, 1.54) is 24.3 Å². The van der Waals surface area contributed by atoms with Gasteiger partial charge >= 0.3 is 5.97 Å². The van der Waals surface area contributed by atoms with Crippen LogP contribution in [0.15, 0.2) is 115 Å². The number of carbonyl (C=O) groups excluding carboxylic acids is 1. The third-order valence-electron chi connectivity index (χ3n) is 7.12. The van der Waals surface area contributed by atoms with Crippen LogP contribution in [0.3, 0.4) is 0 Å². The average molecular weight is 584 g/mol. The van der Waals surface area contributed by atoms with Crippen LogP contribution in [0.2, 0.25) is 0 Å². The van der Waals surface area contributed by atoms with Gasteiger partial charge in [0.05, 0.1) is 36.4 Å². The van der Waals surface area contributed by atoms with Gasteiger partial charge in [0.25, 0.3) is 5.69 Å². The van der Waals surface area contributed by atoms with Gasteiger partial charge in [-0.15, -0.1) is 0 Å². The van der Waals surface area contributed by atoms with E-state index >= 15 is 0 Å². The maximum absolute atomic E-state index is 13.2. The maximum Gasteiger partial charge on any atom is 0.340 e. The van der Waals surface area contributed by atoms with Crippen LogP contribution in [0.1, 0.15) is 34.0 Å². The Morgan fingerprint density at radius 2 is 1.12 bits per heavy atom. The van der Waals surface area contributed by atoms with Crippen molar-refractivity contribution in [2.45, 2.75) is 57.5 Å². The van der Waals surface area contributed by atoms with Crippen LogP contribution in [0, 0.1) is 10.1 Å². The highest BCUT2D eigenvalue weighted by Crippen LogP contribution is 2.31. The molecule has 1 saturated heterocycles. The SMILES string of the molecule is CC1O[C@@H](OC(=O)c2ccc([N+](=O)[O-])cc2)[C@@H](OCc2ccccc2)[C@@H](OCc2ccccc2)[C@H]1OCc1ccccc1. The van der Waals surface area contributed by atoms with E-state index in [4.69, 9.17) is 23.7 Å². The van der Waals surface area contributed by atoms with Gasteiger partial charge in [-0.25, -0.2) is 4.79 Å². The molecule has 43 heavy (non-hydrogen) atoms. The lowest BCUT2D eigenvalue weighted by Gasteiger charge is -2.44. The van der Waals surface area contributed by atoms with E-state index in [2.05, 4.69) is 0 Å². The van der Waals surface area contributed by atoms with Crippen LogP contribution in [-0.4, -0.2) is 41.6 Å². The molecule has 0 aromatic heterocycles. The van der Waals surface area contributed by atoms with Gasteiger partial charge in [0, 0.05) is 12.1 Å². The largest absolute Gasteiger partial charge is 0.429 e. The molecule has 5 atom stereocenters. The van der Waals surface area contributed by atoms with E-state index in [9.17, 15) is 14.9 Å². The van der Waals surface area contributed by atoms with Crippen LogP contribution in [0.5, 0.6) is 0 Å². The summed E-state index contributed by atoms with van der Waals surface area (Å²) in [5.74, 6) is -0.703. The molecular weight excluding hydrogens is 550 g/mol. The number of nitro groups is 1. The Morgan fingerprint density at radius 1 is 0.674 bits per heavy atom. The number of hydrogen-bond donors (Lipinski definition) is 0. The second kappa shape index (κ2) is 14.7. The number of nitrogens with zero attached hydrogens (tertiary/aromatic N) is 1. The van der Waals surface area contributed by atoms with Gasteiger partial charge in [-0.05, 0) is 35.7 Å². The van der Waals surface area contributed by atoms with Crippen molar-refractivity contribution in [3.05, 3.63) is 148 Å². The second-order valence-corrected chi connectivity index (χ2v) is 10.2. The quantitative estimate of drug-likeness (QED) is 0.109. The first kappa shape index (κ1) is 30.1. The number of nitro benzene ring substituents is 1. The molecule has 1 aliphatic rings.